The lowest BCUT2D eigenvalue weighted by Gasteiger charge is -2.13. The van der Waals surface area contributed by atoms with Gasteiger partial charge in [-0.2, -0.15) is 5.26 Å². The van der Waals surface area contributed by atoms with Gasteiger partial charge in [-0.25, -0.2) is 4.79 Å². The molecule has 0 amide bonds. The fourth-order valence-corrected chi connectivity index (χ4v) is 3.71. The van der Waals surface area contributed by atoms with Gasteiger partial charge in [-0.3, -0.25) is 4.79 Å². The van der Waals surface area contributed by atoms with Gasteiger partial charge in [-0.05, 0) is 48.9 Å². The van der Waals surface area contributed by atoms with Crippen LogP contribution in [0.4, 0.5) is 0 Å². The topological polar surface area (TPSA) is 85.6 Å². The predicted octanol–water partition coefficient (Wildman–Crippen LogP) is 5.76. The van der Waals surface area contributed by atoms with Gasteiger partial charge in [0.25, 0.3) is 0 Å². The molecule has 1 unspecified atom stereocenters. The minimum absolute atomic E-state index is 0.159. The Hall–Kier alpha value is -3.59. The smallest absolute Gasteiger partial charge is 0.330 e. The third-order valence-corrected chi connectivity index (χ3v) is 5.99. The van der Waals surface area contributed by atoms with Gasteiger partial charge >= 0.3 is 11.9 Å². The van der Waals surface area contributed by atoms with Crippen molar-refractivity contribution in [2.24, 2.45) is 17.3 Å². The number of allylic oxidation sites excluding steroid dienone is 1. The van der Waals surface area contributed by atoms with E-state index in [9.17, 15) is 14.9 Å². The molecular formula is C27H29NO5. The molecule has 2 aromatic carbocycles. The number of carbonyl (C=O) groups is 2. The van der Waals surface area contributed by atoms with E-state index in [1.165, 1.54) is 6.08 Å². The van der Waals surface area contributed by atoms with Crippen LogP contribution in [0.2, 0.25) is 0 Å². The fraction of sp³-hybridized carbons (Fsp3) is 0.370. The van der Waals surface area contributed by atoms with Crippen molar-refractivity contribution in [3.05, 3.63) is 72.3 Å². The lowest BCUT2D eigenvalue weighted by atomic mass is 10.1. The van der Waals surface area contributed by atoms with Crippen molar-refractivity contribution in [2.45, 2.75) is 46.3 Å². The number of ether oxygens (including phenoxy) is 3. The van der Waals surface area contributed by atoms with Crippen molar-refractivity contribution in [3.63, 3.8) is 0 Å². The molecule has 0 aliphatic heterocycles. The quantitative estimate of drug-likeness (QED) is 0.359. The Balaban J connectivity index is 1.64. The van der Waals surface area contributed by atoms with Crippen LogP contribution in [0, 0.1) is 28.6 Å². The zero-order valence-corrected chi connectivity index (χ0v) is 19.4. The number of hydrogen-bond acceptors (Lipinski definition) is 6. The summed E-state index contributed by atoms with van der Waals surface area (Å²) in [7, 11) is 0. The van der Waals surface area contributed by atoms with Crippen LogP contribution in [0.1, 0.15) is 45.8 Å². The van der Waals surface area contributed by atoms with Crippen LogP contribution >= 0.6 is 0 Å². The first kappa shape index (κ1) is 24.1. The second kappa shape index (κ2) is 10.4. The van der Waals surface area contributed by atoms with Crippen molar-refractivity contribution in [1.29, 1.82) is 5.26 Å². The fourth-order valence-electron chi connectivity index (χ4n) is 3.71. The summed E-state index contributed by atoms with van der Waals surface area (Å²) in [4.78, 5) is 24.8. The average Bonchev–Trinajstić information content (AvgIpc) is 3.36. The van der Waals surface area contributed by atoms with Crippen molar-refractivity contribution in [1.82, 2.24) is 0 Å². The summed E-state index contributed by atoms with van der Waals surface area (Å²) >= 11 is 0. The molecule has 4 atom stereocenters. The van der Waals surface area contributed by atoms with E-state index in [1.54, 1.807) is 30.3 Å². The van der Waals surface area contributed by atoms with Crippen LogP contribution in [-0.4, -0.2) is 18.0 Å². The Labute approximate surface area is 194 Å². The summed E-state index contributed by atoms with van der Waals surface area (Å²) in [5.74, 6) is -0.287. The number of esters is 2. The summed E-state index contributed by atoms with van der Waals surface area (Å²) in [5.41, 5.74) is 0.157. The standard InChI is InChI=1S/C27H29NO5/c1-5-18(2)31-24(29)15-14-22-25(27(22,3)4)26(30)33-23(17-28)19-10-9-13-21(16-19)32-20-11-7-6-8-12-20/h6-16,18,22-23,25H,5H2,1-4H3/t18?,22-,23+,25-/m0/s1. The molecule has 33 heavy (non-hydrogen) atoms. The number of hydrogen-bond donors (Lipinski definition) is 0. The molecule has 0 heterocycles. The number of nitrogens with zero attached hydrogens (tertiary/aromatic N) is 1. The van der Waals surface area contributed by atoms with E-state index in [0.29, 0.717) is 17.1 Å². The van der Waals surface area contributed by atoms with E-state index in [1.807, 2.05) is 58.0 Å². The van der Waals surface area contributed by atoms with Crippen LogP contribution in [0.15, 0.2) is 66.7 Å². The zero-order chi connectivity index (χ0) is 24.0. The number of carbonyl (C=O) groups excluding carboxylic acids is 2. The molecule has 0 bridgehead atoms. The van der Waals surface area contributed by atoms with Crippen LogP contribution in [0.5, 0.6) is 11.5 Å². The minimum atomic E-state index is -1.06. The predicted molar refractivity (Wildman–Crippen MR) is 123 cm³/mol. The molecule has 172 valence electrons. The lowest BCUT2D eigenvalue weighted by Crippen LogP contribution is -2.14. The monoisotopic (exact) mass is 447 g/mol. The highest BCUT2D eigenvalue weighted by Crippen LogP contribution is 2.59. The first-order valence-corrected chi connectivity index (χ1v) is 11.1. The normalized spacial score (nSPS) is 20.3. The van der Waals surface area contributed by atoms with Crippen LogP contribution in [-0.2, 0) is 19.1 Å². The molecule has 0 saturated heterocycles. The molecular weight excluding hydrogens is 418 g/mol. The highest BCUT2D eigenvalue weighted by Gasteiger charge is 2.61. The van der Waals surface area contributed by atoms with Crippen molar-refractivity contribution in [3.8, 4) is 17.6 Å². The number of nitriles is 1. The Morgan fingerprint density at radius 3 is 2.45 bits per heavy atom. The SMILES string of the molecule is CCC(C)OC(=O)C=C[C@H]1[C@@H](C(=O)O[C@H](C#N)c2cccc(Oc3ccccc3)c2)C1(C)C. The lowest BCUT2D eigenvalue weighted by molar-refractivity contribution is -0.149. The molecule has 3 rings (SSSR count). The largest absolute Gasteiger partial charge is 0.460 e. The molecule has 1 aliphatic carbocycles. The highest BCUT2D eigenvalue weighted by molar-refractivity contribution is 5.83. The third-order valence-electron chi connectivity index (χ3n) is 5.99. The number of benzene rings is 2. The Bertz CT molecular complexity index is 1050. The molecule has 6 heteroatoms. The van der Waals surface area contributed by atoms with Gasteiger partial charge in [0.1, 0.15) is 17.6 Å². The minimum Gasteiger partial charge on any atom is -0.460 e. The van der Waals surface area contributed by atoms with E-state index in [2.05, 4.69) is 6.07 Å². The molecule has 0 N–H and O–H groups in total. The maximum absolute atomic E-state index is 12.9. The molecule has 1 saturated carbocycles. The molecule has 1 fully saturated rings. The maximum atomic E-state index is 12.9. The van der Waals surface area contributed by atoms with Crippen molar-refractivity contribution < 1.29 is 23.8 Å². The average molecular weight is 448 g/mol. The molecule has 2 aromatic rings. The van der Waals surface area contributed by atoms with E-state index in [4.69, 9.17) is 14.2 Å². The summed E-state index contributed by atoms with van der Waals surface area (Å²) in [6, 6.07) is 18.3. The van der Waals surface area contributed by atoms with Crippen molar-refractivity contribution in [2.75, 3.05) is 0 Å². The Morgan fingerprint density at radius 2 is 1.79 bits per heavy atom. The van der Waals surface area contributed by atoms with Gasteiger partial charge in [0.2, 0.25) is 6.10 Å². The van der Waals surface area contributed by atoms with E-state index < -0.39 is 24.0 Å². The third kappa shape index (κ3) is 6.01. The van der Waals surface area contributed by atoms with Crippen LogP contribution < -0.4 is 4.74 Å². The maximum Gasteiger partial charge on any atom is 0.330 e. The van der Waals surface area contributed by atoms with Gasteiger partial charge in [0.05, 0.1) is 12.0 Å². The van der Waals surface area contributed by atoms with E-state index >= 15 is 0 Å². The highest BCUT2D eigenvalue weighted by atomic mass is 16.5. The zero-order valence-electron chi connectivity index (χ0n) is 19.4. The number of rotatable bonds is 9. The summed E-state index contributed by atoms with van der Waals surface area (Å²) in [6.07, 6.45) is 2.59. The van der Waals surface area contributed by atoms with E-state index in [0.717, 1.165) is 6.42 Å². The van der Waals surface area contributed by atoms with Gasteiger partial charge in [-0.1, -0.05) is 57.2 Å². The first-order valence-electron chi connectivity index (χ1n) is 11.1. The summed E-state index contributed by atoms with van der Waals surface area (Å²) in [6.45, 7) is 7.63. The molecule has 0 spiro atoms. The van der Waals surface area contributed by atoms with Crippen LogP contribution in [0.3, 0.4) is 0 Å². The molecule has 0 radical (unpaired) electrons. The van der Waals surface area contributed by atoms with Gasteiger partial charge in [0.15, 0.2) is 0 Å². The van der Waals surface area contributed by atoms with Crippen molar-refractivity contribution >= 4 is 11.9 Å². The second-order valence-corrected chi connectivity index (χ2v) is 8.77. The number of para-hydroxylation sites is 1. The van der Waals surface area contributed by atoms with Gasteiger partial charge in [-0.15, -0.1) is 0 Å². The van der Waals surface area contributed by atoms with Gasteiger partial charge < -0.3 is 14.2 Å². The summed E-state index contributed by atoms with van der Waals surface area (Å²) < 4.78 is 16.6. The van der Waals surface area contributed by atoms with Gasteiger partial charge in [0, 0.05) is 11.6 Å². The Morgan fingerprint density at radius 1 is 1.09 bits per heavy atom. The molecule has 1 aliphatic rings. The molecule has 6 nitrogen and oxygen atoms in total. The second-order valence-electron chi connectivity index (χ2n) is 8.77. The first-order chi connectivity index (χ1) is 15.8. The summed E-state index contributed by atoms with van der Waals surface area (Å²) in [5, 5.41) is 9.65. The van der Waals surface area contributed by atoms with Crippen LogP contribution in [0.25, 0.3) is 0 Å². The molecule has 0 aromatic heterocycles. The Kier molecular flexibility index (Phi) is 7.55. The van der Waals surface area contributed by atoms with E-state index in [-0.39, 0.29) is 17.4 Å².